The molecule has 0 bridgehead atoms. The van der Waals surface area contributed by atoms with Crippen LogP contribution in [0.2, 0.25) is 0 Å². The lowest BCUT2D eigenvalue weighted by Crippen LogP contribution is -2.42. The zero-order valence-electron chi connectivity index (χ0n) is 13.2. The highest BCUT2D eigenvalue weighted by atomic mass is 19.1. The quantitative estimate of drug-likeness (QED) is 0.886. The molecule has 2 N–H and O–H groups in total. The molecule has 0 aliphatic carbocycles. The first-order valence-corrected chi connectivity index (χ1v) is 8.03. The Bertz CT molecular complexity index is 658. The van der Waals surface area contributed by atoms with Crippen molar-refractivity contribution in [3.63, 3.8) is 0 Å². The minimum atomic E-state index is -0.304. The number of hydrogen-bond acceptors (Lipinski definition) is 3. The lowest BCUT2D eigenvalue weighted by molar-refractivity contribution is 0.0807. The Hall–Kier alpha value is -2.47. The molecule has 1 aromatic heterocycles. The summed E-state index contributed by atoms with van der Waals surface area (Å²) in [4.78, 5) is 16.3. The van der Waals surface area contributed by atoms with Crippen LogP contribution in [0.4, 0.5) is 9.18 Å². The summed E-state index contributed by atoms with van der Waals surface area (Å²) in [6.45, 7) is 1.07. The molecule has 0 saturated carbocycles. The molecule has 2 heterocycles. The van der Waals surface area contributed by atoms with E-state index in [1.54, 1.807) is 24.5 Å². The number of ether oxygens (including phenoxy) is 1. The second kappa shape index (κ2) is 7.88. The van der Waals surface area contributed by atoms with Crippen LogP contribution in [0.25, 0.3) is 0 Å². The van der Waals surface area contributed by atoms with E-state index >= 15 is 0 Å². The van der Waals surface area contributed by atoms with Crippen LogP contribution >= 0.6 is 0 Å². The number of halogens is 1. The smallest absolute Gasteiger partial charge is 0.315 e. The van der Waals surface area contributed by atoms with E-state index in [0.29, 0.717) is 13.2 Å². The molecule has 0 unspecified atom stereocenters. The first kappa shape index (κ1) is 16.4. The van der Waals surface area contributed by atoms with Gasteiger partial charge in [-0.3, -0.25) is 4.98 Å². The topological polar surface area (TPSA) is 63.2 Å². The maximum Gasteiger partial charge on any atom is 0.315 e. The predicted octanol–water partition coefficient (Wildman–Crippen LogP) is 2.94. The van der Waals surface area contributed by atoms with Crippen molar-refractivity contribution in [3.8, 4) is 0 Å². The van der Waals surface area contributed by atoms with Crippen LogP contribution in [0.5, 0.6) is 0 Å². The van der Waals surface area contributed by atoms with Gasteiger partial charge in [0.15, 0.2) is 0 Å². The van der Waals surface area contributed by atoms with Gasteiger partial charge in [-0.25, -0.2) is 9.18 Å². The SMILES string of the molecule is O=C(NCc1cccnc1)N[C@@H](c1ccc(F)cc1)[C@H]1CCCO1. The van der Waals surface area contributed by atoms with Gasteiger partial charge in [0.1, 0.15) is 5.82 Å². The summed E-state index contributed by atoms with van der Waals surface area (Å²) in [5.41, 5.74) is 1.75. The predicted molar refractivity (Wildman–Crippen MR) is 87.7 cm³/mol. The number of nitrogens with zero attached hydrogens (tertiary/aromatic N) is 1. The van der Waals surface area contributed by atoms with Crippen LogP contribution in [0, 0.1) is 5.82 Å². The highest BCUT2D eigenvalue weighted by Crippen LogP contribution is 2.27. The number of urea groups is 1. The molecule has 2 aromatic rings. The van der Waals surface area contributed by atoms with Crippen molar-refractivity contribution in [2.45, 2.75) is 31.5 Å². The lowest BCUT2D eigenvalue weighted by atomic mass is 9.99. The van der Waals surface area contributed by atoms with Crippen LogP contribution in [-0.2, 0) is 11.3 Å². The maximum atomic E-state index is 13.2. The molecule has 1 fully saturated rings. The van der Waals surface area contributed by atoms with Crippen molar-refractivity contribution >= 4 is 6.03 Å². The van der Waals surface area contributed by atoms with E-state index in [2.05, 4.69) is 15.6 Å². The lowest BCUT2D eigenvalue weighted by Gasteiger charge is -2.25. The molecule has 0 spiro atoms. The fourth-order valence-corrected chi connectivity index (χ4v) is 2.80. The number of benzene rings is 1. The van der Waals surface area contributed by atoms with Gasteiger partial charge >= 0.3 is 6.03 Å². The summed E-state index contributed by atoms with van der Waals surface area (Å²) < 4.78 is 18.9. The monoisotopic (exact) mass is 329 g/mol. The van der Waals surface area contributed by atoms with E-state index in [0.717, 1.165) is 24.0 Å². The van der Waals surface area contributed by atoms with Gasteiger partial charge in [-0.1, -0.05) is 18.2 Å². The first-order chi connectivity index (χ1) is 11.7. The minimum Gasteiger partial charge on any atom is -0.376 e. The molecule has 6 heteroatoms. The zero-order valence-corrected chi connectivity index (χ0v) is 13.2. The van der Waals surface area contributed by atoms with E-state index in [1.807, 2.05) is 12.1 Å². The summed E-state index contributed by atoms with van der Waals surface area (Å²) in [6.07, 6.45) is 5.12. The minimum absolute atomic E-state index is 0.0976. The van der Waals surface area contributed by atoms with Gasteiger partial charge in [0.2, 0.25) is 0 Å². The Morgan fingerprint density at radius 2 is 2.17 bits per heavy atom. The highest BCUT2D eigenvalue weighted by Gasteiger charge is 2.28. The molecule has 5 nitrogen and oxygen atoms in total. The number of aromatic nitrogens is 1. The standard InChI is InChI=1S/C18H20FN3O2/c19-15-7-5-14(6-8-15)17(16-4-2-10-24-16)22-18(23)21-12-13-3-1-9-20-11-13/h1,3,5-9,11,16-17H,2,4,10,12H2,(H2,21,22,23)/t16-,17+/m1/s1. The third-order valence-electron chi connectivity index (χ3n) is 4.03. The van der Waals surface area contributed by atoms with Gasteiger partial charge in [0.25, 0.3) is 0 Å². The highest BCUT2D eigenvalue weighted by molar-refractivity contribution is 5.74. The summed E-state index contributed by atoms with van der Waals surface area (Å²) in [7, 11) is 0. The van der Waals surface area contributed by atoms with Crippen molar-refractivity contribution in [2.24, 2.45) is 0 Å². The molecule has 2 amide bonds. The summed E-state index contributed by atoms with van der Waals surface area (Å²) in [5, 5.41) is 5.76. The van der Waals surface area contributed by atoms with Crippen molar-refractivity contribution in [3.05, 3.63) is 65.7 Å². The van der Waals surface area contributed by atoms with Crippen LogP contribution in [-0.4, -0.2) is 23.7 Å². The maximum absolute atomic E-state index is 13.2. The van der Waals surface area contributed by atoms with Crippen LogP contribution in [0.15, 0.2) is 48.8 Å². The summed E-state index contributed by atoms with van der Waals surface area (Å²) in [5.74, 6) is -0.300. The van der Waals surface area contributed by atoms with E-state index in [1.165, 1.54) is 12.1 Å². The molecule has 2 atom stereocenters. The molecule has 1 aromatic carbocycles. The third kappa shape index (κ3) is 4.29. The van der Waals surface area contributed by atoms with Crippen LogP contribution < -0.4 is 10.6 Å². The molecule has 1 aliphatic rings. The van der Waals surface area contributed by atoms with Crippen molar-refractivity contribution in [1.29, 1.82) is 0 Å². The molecule has 1 aliphatic heterocycles. The van der Waals surface area contributed by atoms with Gasteiger partial charge in [-0.05, 0) is 42.2 Å². The zero-order chi connectivity index (χ0) is 16.8. The second-order valence-corrected chi connectivity index (χ2v) is 5.77. The molecule has 1 saturated heterocycles. The molecule has 24 heavy (non-hydrogen) atoms. The molecule has 3 rings (SSSR count). The fraction of sp³-hybridized carbons (Fsp3) is 0.333. The number of rotatable bonds is 5. The number of nitrogens with one attached hydrogen (secondary N) is 2. The normalized spacial score (nSPS) is 18.1. The van der Waals surface area contributed by atoms with Crippen LogP contribution in [0.3, 0.4) is 0 Å². The Balaban J connectivity index is 1.64. The number of pyridine rings is 1. The van der Waals surface area contributed by atoms with Gasteiger partial charge in [-0.15, -0.1) is 0 Å². The largest absolute Gasteiger partial charge is 0.376 e. The van der Waals surface area contributed by atoms with Gasteiger partial charge in [0.05, 0.1) is 12.1 Å². The van der Waals surface area contributed by atoms with E-state index in [4.69, 9.17) is 4.74 Å². The molecule has 0 radical (unpaired) electrons. The van der Waals surface area contributed by atoms with Gasteiger partial charge in [0, 0.05) is 25.5 Å². The molecular weight excluding hydrogens is 309 g/mol. The van der Waals surface area contributed by atoms with Crippen LogP contribution in [0.1, 0.15) is 30.0 Å². The Kier molecular flexibility index (Phi) is 5.38. The van der Waals surface area contributed by atoms with Crippen molar-refractivity contribution in [2.75, 3.05) is 6.61 Å². The van der Waals surface area contributed by atoms with E-state index in [-0.39, 0.29) is 24.0 Å². The Morgan fingerprint density at radius 1 is 1.33 bits per heavy atom. The third-order valence-corrected chi connectivity index (χ3v) is 4.03. The van der Waals surface area contributed by atoms with Gasteiger partial charge in [-0.2, -0.15) is 0 Å². The summed E-state index contributed by atoms with van der Waals surface area (Å²) in [6, 6.07) is 9.28. The average molecular weight is 329 g/mol. The second-order valence-electron chi connectivity index (χ2n) is 5.77. The van der Waals surface area contributed by atoms with E-state index < -0.39 is 0 Å². The fourth-order valence-electron chi connectivity index (χ4n) is 2.80. The number of carbonyl (C=O) groups excluding carboxylic acids is 1. The number of carbonyl (C=O) groups is 1. The number of hydrogen-bond donors (Lipinski definition) is 2. The molecular formula is C18H20FN3O2. The van der Waals surface area contributed by atoms with Crippen molar-refractivity contribution in [1.82, 2.24) is 15.6 Å². The van der Waals surface area contributed by atoms with Crippen molar-refractivity contribution < 1.29 is 13.9 Å². The molecule has 126 valence electrons. The number of amides is 2. The Morgan fingerprint density at radius 3 is 2.83 bits per heavy atom. The van der Waals surface area contributed by atoms with E-state index in [9.17, 15) is 9.18 Å². The first-order valence-electron chi connectivity index (χ1n) is 8.03. The summed E-state index contributed by atoms with van der Waals surface area (Å²) >= 11 is 0. The van der Waals surface area contributed by atoms with Gasteiger partial charge < -0.3 is 15.4 Å². The Labute approximate surface area is 140 Å². The average Bonchev–Trinajstić information content (AvgIpc) is 3.14.